The number of nitrogens with one attached hydrogen (secondary N) is 1. The van der Waals surface area contributed by atoms with Gasteiger partial charge in [0.05, 0.1) is 19.3 Å². The number of benzene rings is 1. The Morgan fingerprint density at radius 1 is 1.12 bits per heavy atom. The first-order valence-electron chi connectivity index (χ1n) is 8.27. The van der Waals surface area contributed by atoms with Gasteiger partial charge in [-0.3, -0.25) is 0 Å². The number of aromatic nitrogens is 2. The summed E-state index contributed by atoms with van der Waals surface area (Å²) in [6.07, 6.45) is 0.974. The first kappa shape index (κ1) is 16.7. The fourth-order valence-electron chi connectivity index (χ4n) is 2.93. The molecule has 1 aromatic carbocycles. The highest BCUT2D eigenvalue weighted by Gasteiger charge is 2.14. The number of rotatable bonds is 5. The van der Waals surface area contributed by atoms with Gasteiger partial charge < -0.3 is 20.1 Å². The predicted molar refractivity (Wildman–Crippen MR) is 94.4 cm³/mol. The zero-order chi connectivity index (χ0) is 16.9. The third kappa shape index (κ3) is 4.21. The van der Waals surface area contributed by atoms with Crippen molar-refractivity contribution in [3.05, 3.63) is 47.3 Å². The largest absolute Gasteiger partial charge is 0.387 e. The molecule has 3 rings (SSSR count). The van der Waals surface area contributed by atoms with Crippen molar-refractivity contribution in [3.63, 3.8) is 0 Å². The molecular formula is C18H24N4O2. The smallest absolute Gasteiger partial charge is 0.134 e. The summed E-state index contributed by atoms with van der Waals surface area (Å²) in [4.78, 5) is 10.7. The maximum atomic E-state index is 10.4. The molecule has 6 heteroatoms. The summed E-state index contributed by atoms with van der Waals surface area (Å²) in [5, 5.41) is 13.6. The SMILES string of the molecule is Cc1cc(C)cc(C(O)CNc2cc(N3CCOCC3)ncn2)c1. The average Bonchev–Trinajstić information content (AvgIpc) is 2.60. The molecule has 0 radical (unpaired) electrons. The molecule has 0 amide bonds. The van der Waals surface area contributed by atoms with Crippen LogP contribution in [0.3, 0.4) is 0 Å². The minimum Gasteiger partial charge on any atom is -0.387 e. The van der Waals surface area contributed by atoms with Crippen molar-refractivity contribution in [2.24, 2.45) is 0 Å². The van der Waals surface area contributed by atoms with E-state index in [2.05, 4.69) is 26.3 Å². The molecule has 1 aromatic heterocycles. The summed E-state index contributed by atoms with van der Waals surface area (Å²) >= 11 is 0. The minimum atomic E-state index is -0.578. The highest BCUT2D eigenvalue weighted by molar-refractivity contribution is 5.48. The fraction of sp³-hybridized carbons (Fsp3) is 0.444. The van der Waals surface area contributed by atoms with E-state index in [1.165, 1.54) is 0 Å². The molecule has 128 valence electrons. The van der Waals surface area contributed by atoms with Crippen LogP contribution in [0.1, 0.15) is 22.8 Å². The lowest BCUT2D eigenvalue weighted by molar-refractivity contribution is 0.122. The molecule has 6 nitrogen and oxygen atoms in total. The second-order valence-corrected chi connectivity index (χ2v) is 6.18. The van der Waals surface area contributed by atoms with E-state index in [1.807, 2.05) is 32.0 Å². The monoisotopic (exact) mass is 328 g/mol. The Kier molecular flexibility index (Phi) is 5.27. The fourth-order valence-corrected chi connectivity index (χ4v) is 2.93. The number of aliphatic hydroxyl groups is 1. The van der Waals surface area contributed by atoms with E-state index < -0.39 is 6.10 Å². The quantitative estimate of drug-likeness (QED) is 0.876. The molecule has 24 heavy (non-hydrogen) atoms. The molecule has 2 N–H and O–H groups in total. The first-order chi connectivity index (χ1) is 11.6. The molecule has 1 atom stereocenters. The summed E-state index contributed by atoms with van der Waals surface area (Å²) in [5.74, 6) is 1.60. The van der Waals surface area contributed by atoms with Crippen LogP contribution in [0.4, 0.5) is 11.6 Å². The summed E-state index contributed by atoms with van der Waals surface area (Å²) in [5.41, 5.74) is 3.23. The molecule has 1 aliphatic heterocycles. The summed E-state index contributed by atoms with van der Waals surface area (Å²) in [7, 11) is 0. The van der Waals surface area contributed by atoms with Gasteiger partial charge in [-0.1, -0.05) is 29.3 Å². The van der Waals surface area contributed by atoms with Crippen LogP contribution >= 0.6 is 0 Å². The topological polar surface area (TPSA) is 70.5 Å². The van der Waals surface area contributed by atoms with Crippen molar-refractivity contribution >= 4 is 11.6 Å². The number of hydrogen-bond acceptors (Lipinski definition) is 6. The Balaban J connectivity index is 1.63. The second-order valence-electron chi connectivity index (χ2n) is 6.18. The van der Waals surface area contributed by atoms with E-state index >= 15 is 0 Å². The van der Waals surface area contributed by atoms with Crippen molar-refractivity contribution < 1.29 is 9.84 Å². The number of nitrogens with zero attached hydrogens (tertiary/aromatic N) is 3. The lowest BCUT2D eigenvalue weighted by atomic mass is 10.0. The van der Waals surface area contributed by atoms with Crippen LogP contribution < -0.4 is 10.2 Å². The average molecular weight is 328 g/mol. The predicted octanol–water partition coefficient (Wildman–Crippen LogP) is 2.08. The zero-order valence-electron chi connectivity index (χ0n) is 14.2. The van der Waals surface area contributed by atoms with Crippen LogP contribution in [0.15, 0.2) is 30.6 Å². The van der Waals surface area contributed by atoms with Gasteiger partial charge in [0.2, 0.25) is 0 Å². The van der Waals surface area contributed by atoms with Crippen molar-refractivity contribution in [1.29, 1.82) is 0 Å². The number of morpholine rings is 1. The maximum absolute atomic E-state index is 10.4. The van der Waals surface area contributed by atoms with E-state index in [1.54, 1.807) is 6.33 Å². The van der Waals surface area contributed by atoms with Gasteiger partial charge in [0.25, 0.3) is 0 Å². The minimum absolute atomic E-state index is 0.405. The highest BCUT2D eigenvalue weighted by Crippen LogP contribution is 2.19. The standard InChI is InChI=1S/C18H24N4O2/c1-13-7-14(2)9-15(8-13)16(23)11-19-17-10-18(21-12-20-17)22-3-5-24-6-4-22/h7-10,12,16,23H,3-6,11H2,1-2H3,(H,19,20,21). The van der Waals surface area contributed by atoms with E-state index in [9.17, 15) is 5.11 Å². The molecule has 0 saturated carbocycles. The van der Waals surface area contributed by atoms with Crippen LogP contribution in [0.25, 0.3) is 0 Å². The third-order valence-corrected chi connectivity index (χ3v) is 4.09. The van der Waals surface area contributed by atoms with Gasteiger partial charge in [0, 0.05) is 25.7 Å². The van der Waals surface area contributed by atoms with Crippen molar-refractivity contribution in [2.45, 2.75) is 20.0 Å². The van der Waals surface area contributed by atoms with Gasteiger partial charge in [0.15, 0.2) is 0 Å². The van der Waals surface area contributed by atoms with E-state index in [-0.39, 0.29) is 0 Å². The molecule has 0 bridgehead atoms. The van der Waals surface area contributed by atoms with Gasteiger partial charge in [0.1, 0.15) is 18.0 Å². The molecule has 2 aromatic rings. The second kappa shape index (κ2) is 7.59. The van der Waals surface area contributed by atoms with Crippen LogP contribution in [0, 0.1) is 13.8 Å². The molecule has 1 aliphatic rings. The van der Waals surface area contributed by atoms with Crippen LogP contribution in [0.2, 0.25) is 0 Å². The van der Waals surface area contributed by atoms with Gasteiger partial charge in [-0.25, -0.2) is 9.97 Å². The van der Waals surface area contributed by atoms with Crippen LogP contribution in [-0.2, 0) is 4.74 Å². The van der Waals surface area contributed by atoms with Crippen molar-refractivity contribution in [3.8, 4) is 0 Å². The molecular weight excluding hydrogens is 304 g/mol. The van der Waals surface area contributed by atoms with Gasteiger partial charge in [-0.2, -0.15) is 0 Å². The van der Waals surface area contributed by atoms with E-state index in [4.69, 9.17) is 4.74 Å². The van der Waals surface area contributed by atoms with E-state index in [0.717, 1.165) is 54.6 Å². The van der Waals surface area contributed by atoms with Gasteiger partial charge in [-0.05, 0) is 19.4 Å². The number of anilines is 2. The molecule has 0 spiro atoms. The van der Waals surface area contributed by atoms with Crippen molar-refractivity contribution in [1.82, 2.24) is 9.97 Å². The Bertz CT molecular complexity index is 666. The first-order valence-corrected chi connectivity index (χ1v) is 8.27. The van der Waals surface area contributed by atoms with Gasteiger partial charge >= 0.3 is 0 Å². The Hall–Kier alpha value is -2.18. The van der Waals surface area contributed by atoms with Crippen LogP contribution in [0.5, 0.6) is 0 Å². The number of hydrogen-bond donors (Lipinski definition) is 2. The summed E-state index contributed by atoms with van der Waals surface area (Å²) in [6.45, 7) is 7.59. The molecule has 0 aliphatic carbocycles. The normalized spacial score (nSPS) is 16.0. The molecule has 1 saturated heterocycles. The van der Waals surface area contributed by atoms with Gasteiger partial charge in [-0.15, -0.1) is 0 Å². The maximum Gasteiger partial charge on any atom is 0.134 e. The third-order valence-electron chi connectivity index (χ3n) is 4.09. The Labute approximate surface area is 142 Å². The summed E-state index contributed by atoms with van der Waals surface area (Å²) < 4.78 is 5.36. The zero-order valence-corrected chi connectivity index (χ0v) is 14.2. The Morgan fingerprint density at radius 2 is 1.83 bits per heavy atom. The molecule has 1 fully saturated rings. The molecule has 2 heterocycles. The Morgan fingerprint density at radius 3 is 2.54 bits per heavy atom. The van der Waals surface area contributed by atoms with Crippen LogP contribution in [-0.4, -0.2) is 47.9 Å². The number of aliphatic hydroxyl groups excluding tert-OH is 1. The lowest BCUT2D eigenvalue weighted by Crippen LogP contribution is -2.36. The number of ether oxygens (including phenoxy) is 1. The lowest BCUT2D eigenvalue weighted by Gasteiger charge is -2.27. The van der Waals surface area contributed by atoms with E-state index in [0.29, 0.717) is 6.54 Å². The van der Waals surface area contributed by atoms with Crippen molar-refractivity contribution in [2.75, 3.05) is 43.1 Å². The molecule has 1 unspecified atom stereocenters. The highest BCUT2D eigenvalue weighted by atomic mass is 16.5. The summed E-state index contributed by atoms with van der Waals surface area (Å²) in [6, 6.07) is 8.04. The number of aryl methyl sites for hydroxylation is 2.